The Hall–Kier alpha value is -1.62. The van der Waals surface area contributed by atoms with Crippen LogP contribution in [0.2, 0.25) is 5.02 Å². The minimum absolute atomic E-state index is 0.0101. The number of halogens is 1. The fourth-order valence-electron chi connectivity index (χ4n) is 2.12. The molecule has 102 valence electrons. The highest BCUT2D eigenvalue weighted by atomic mass is 35.5. The van der Waals surface area contributed by atoms with Gasteiger partial charge in [0.1, 0.15) is 10.6 Å². The zero-order valence-electron chi connectivity index (χ0n) is 10.8. The topological polar surface area (TPSA) is 72.2 Å². The van der Waals surface area contributed by atoms with Gasteiger partial charge in [0.15, 0.2) is 0 Å². The van der Waals surface area contributed by atoms with Crippen LogP contribution in [0, 0.1) is 21.4 Å². The van der Waals surface area contributed by atoms with Crippen molar-refractivity contribution in [2.24, 2.45) is 11.3 Å². The van der Waals surface area contributed by atoms with Gasteiger partial charge in [0.2, 0.25) is 0 Å². The molecule has 1 fully saturated rings. The first kappa shape index (κ1) is 13.8. The molecule has 6 heteroatoms. The van der Waals surface area contributed by atoms with E-state index in [-0.39, 0.29) is 21.7 Å². The van der Waals surface area contributed by atoms with Crippen LogP contribution < -0.4 is 5.32 Å². The van der Waals surface area contributed by atoms with Crippen LogP contribution >= 0.6 is 11.6 Å². The Bertz CT molecular complexity index is 543. The van der Waals surface area contributed by atoms with Gasteiger partial charge >= 0.3 is 5.69 Å². The lowest BCUT2D eigenvalue weighted by Crippen LogP contribution is -2.27. The average molecular weight is 283 g/mol. The van der Waals surface area contributed by atoms with Crippen molar-refractivity contribution in [2.75, 3.05) is 6.54 Å². The standard InChI is InChI=1S/C13H15ClN2O3/c1-13(2)6-8(13)7-15-12(17)9-4-3-5-10(14)11(9)16(18)19/h3-5,8H,6-7H2,1-2H3,(H,15,17). The summed E-state index contributed by atoms with van der Waals surface area (Å²) in [5, 5.41) is 13.7. The number of nitrogens with one attached hydrogen (secondary N) is 1. The molecule has 1 aliphatic rings. The third-order valence-electron chi connectivity index (χ3n) is 3.64. The summed E-state index contributed by atoms with van der Waals surface area (Å²) in [5.74, 6) is -0.00779. The largest absolute Gasteiger partial charge is 0.352 e. The highest BCUT2D eigenvalue weighted by Crippen LogP contribution is 2.51. The number of carbonyl (C=O) groups is 1. The molecule has 1 aliphatic carbocycles. The summed E-state index contributed by atoms with van der Waals surface area (Å²) in [5.41, 5.74) is -0.0687. The number of rotatable bonds is 4. The number of amides is 1. The molecular weight excluding hydrogens is 268 g/mol. The van der Waals surface area contributed by atoms with Gasteiger partial charge in [-0.1, -0.05) is 31.5 Å². The van der Waals surface area contributed by atoms with Gasteiger partial charge in [-0.3, -0.25) is 14.9 Å². The van der Waals surface area contributed by atoms with Gasteiger partial charge in [0, 0.05) is 6.54 Å². The summed E-state index contributed by atoms with van der Waals surface area (Å²) in [6, 6.07) is 4.35. The van der Waals surface area contributed by atoms with Gasteiger partial charge < -0.3 is 5.32 Å². The molecule has 0 bridgehead atoms. The fraction of sp³-hybridized carbons (Fsp3) is 0.462. The number of nitrogens with zero attached hydrogens (tertiary/aromatic N) is 1. The Morgan fingerprint density at radius 2 is 2.21 bits per heavy atom. The SMILES string of the molecule is CC1(C)CC1CNC(=O)c1cccc(Cl)c1[N+](=O)[O-]. The van der Waals surface area contributed by atoms with Crippen LogP contribution in [0.4, 0.5) is 5.69 Å². The lowest BCUT2D eigenvalue weighted by atomic mass is 10.1. The van der Waals surface area contributed by atoms with E-state index in [9.17, 15) is 14.9 Å². The normalized spacial score (nSPS) is 19.8. The summed E-state index contributed by atoms with van der Waals surface area (Å²) < 4.78 is 0. The smallest absolute Gasteiger partial charge is 0.300 e. The summed E-state index contributed by atoms with van der Waals surface area (Å²) in [6.07, 6.45) is 1.06. The zero-order valence-corrected chi connectivity index (χ0v) is 11.5. The first-order chi connectivity index (χ1) is 8.83. The van der Waals surface area contributed by atoms with Crippen molar-refractivity contribution in [2.45, 2.75) is 20.3 Å². The summed E-state index contributed by atoms with van der Waals surface area (Å²) in [7, 11) is 0. The number of carbonyl (C=O) groups excluding carboxylic acids is 1. The molecule has 1 saturated carbocycles. The maximum Gasteiger partial charge on any atom is 0.300 e. The second kappa shape index (κ2) is 4.81. The third-order valence-corrected chi connectivity index (χ3v) is 3.95. The molecule has 1 amide bonds. The van der Waals surface area contributed by atoms with E-state index in [1.165, 1.54) is 18.2 Å². The number of benzene rings is 1. The van der Waals surface area contributed by atoms with Crippen molar-refractivity contribution in [3.8, 4) is 0 Å². The monoisotopic (exact) mass is 282 g/mol. The van der Waals surface area contributed by atoms with Gasteiger partial charge in [0.25, 0.3) is 5.91 Å². The molecule has 1 aromatic rings. The Balaban J connectivity index is 2.11. The Morgan fingerprint density at radius 3 is 2.74 bits per heavy atom. The zero-order chi connectivity index (χ0) is 14.2. The molecule has 1 N–H and O–H groups in total. The van der Waals surface area contributed by atoms with Crippen molar-refractivity contribution >= 4 is 23.2 Å². The van der Waals surface area contributed by atoms with E-state index in [0.29, 0.717) is 12.5 Å². The van der Waals surface area contributed by atoms with Crippen LogP contribution in [0.1, 0.15) is 30.6 Å². The Morgan fingerprint density at radius 1 is 1.58 bits per heavy atom. The molecule has 0 saturated heterocycles. The van der Waals surface area contributed by atoms with Crippen molar-refractivity contribution in [1.29, 1.82) is 0 Å². The maximum absolute atomic E-state index is 12.0. The van der Waals surface area contributed by atoms with Crippen LogP contribution in [0.15, 0.2) is 18.2 Å². The predicted octanol–water partition coefficient (Wildman–Crippen LogP) is 3.02. The molecular formula is C13H15ClN2O3. The van der Waals surface area contributed by atoms with E-state index in [1.54, 1.807) is 0 Å². The van der Waals surface area contributed by atoms with Crippen LogP contribution in [0.25, 0.3) is 0 Å². The third kappa shape index (κ3) is 2.87. The van der Waals surface area contributed by atoms with Crippen molar-refractivity contribution < 1.29 is 9.72 Å². The van der Waals surface area contributed by atoms with Gasteiger partial charge in [-0.25, -0.2) is 0 Å². The van der Waals surface area contributed by atoms with Gasteiger partial charge in [-0.15, -0.1) is 0 Å². The van der Waals surface area contributed by atoms with E-state index in [0.717, 1.165) is 6.42 Å². The van der Waals surface area contributed by atoms with E-state index in [1.807, 2.05) is 0 Å². The second-order valence-corrected chi connectivity index (χ2v) is 5.90. The minimum atomic E-state index is -0.627. The van der Waals surface area contributed by atoms with Gasteiger partial charge in [-0.2, -0.15) is 0 Å². The average Bonchev–Trinajstić information content (AvgIpc) is 2.93. The predicted molar refractivity (Wildman–Crippen MR) is 72.3 cm³/mol. The maximum atomic E-state index is 12.0. The van der Waals surface area contributed by atoms with Gasteiger partial charge in [-0.05, 0) is 29.9 Å². The summed E-state index contributed by atoms with van der Waals surface area (Å²) in [4.78, 5) is 22.3. The van der Waals surface area contributed by atoms with Crippen LogP contribution in [0.5, 0.6) is 0 Å². The van der Waals surface area contributed by atoms with Gasteiger partial charge in [0.05, 0.1) is 4.92 Å². The first-order valence-corrected chi connectivity index (χ1v) is 6.42. The molecule has 1 atom stereocenters. The Labute approximate surface area is 116 Å². The van der Waals surface area contributed by atoms with Crippen molar-refractivity contribution in [1.82, 2.24) is 5.32 Å². The lowest BCUT2D eigenvalue weighted by molar-refractivity contribution is -0.385. The number of nitro benzene ring substituents is 1. The van der Waals surface area contributed by atoms with Crippen molar-refractivity contribution in [3.63, 3.8) is 0 Å². The molecule has 0 spiro atoms. The van der Waals surface area contributed by atoms with E-state index in [4.69, 9.17) is 11.6 Å². The highest BCUT2D eigenvalue weighted by Gasteiger charge is 2.45. The molecule has 1 aromatic carbocycles. The quantitative estimate of drug-likeness (QED) is 0.681. The fourth-order valence-corrected chi connectivity index (χ4v) is 2.36. The first-order valence-electron chi connectivity index (χ1n) is 6.04. The lowest BCUT2D eigenvalue weighted by Gasteiger charge is -2.07. The van der Waals surface area contributed by atoms with E-state index in [2.05, 4.69) is 19.2 Å². The molecule has 2 rings (SSSR count). The molecule has 0 heterocycles. The van der Waals surface area contributed by atoms with Crippen molar-refractivity contribution in [3.05, 3.63) is 38.9 Å². The molecule has 19 heavy (non-hydrogen) atoms. The molecule has 1 unspecified atom stereocenters. The number of para-hydroxylation sites is 1. The molecule has 0 aromatic heterocycles. The summed E-state index contributed by atoms with van der Waals surface area (Å²) >= 11 is 5.77. The summed E-state index contributed by atoms with van der Waals surface area (Å²) in [6.45, 7) is 4.80. The molecule has 0 radical (unpaired) electrons. The highest BCUT2D eigenvalue weighted by molar-refractivity contribution is 6.33. The van der Waals surface area contributed by atoms with E-state index >= 15 is 0 Å². The number of hydrogen-bond donors (Lipinski definition) is 1. The number of hydrogen-bond acceptors (Lipinski definition) is 3. The van der Waals surface area contributed by atoms with E-state index < -0.39 is 10.8 Å². The minimum Gasteiger partial charge on any atom is -0.352 e. The number of nitro groups is 1. The van der Waals surface area contributed by atoms with Crippen LogP contribution in [-0.4, -0.2) is 17.4 Å². The Kier molecular flexibility index (Phi) is 3.49. The van der Waals surface area contributed by atoms with Crippen LogP contribution in [-0.2, 0) is 0 Å². The second-order valence-electron chi connectivity index (χ2n) is 5.49. The van der Waals surface area contributed by atoms with Crippen LogP contribution in [0.3, 0.4) is 0 Å². The molecule has 5 nitrogen and oxygen atoms in total. The molecule has 0 aliphatic heterocycles.